The lowest BCUT2D eigenvalue weighted by Gasteiger charge is -2.15. The molecule has 1 fully saturated rings. The summed E-state index contributed by atoms with van der Waals surface area (Å²) in [4.78, 5) is 12.3. The van der Waals surface area contributed by atoms with Gasteiger partial charge in [0.25, 0.3) is 15.9 Å². The van der Waals surface area contributed by atoms with Crippen molar-refractivity contribution in [3.63, 3.8) is 0 Å². The van der Waals surface area contributed by atoms with Crippen molar-refractivity contribution < 1.29 is 22.7 Å². The summed E-state index contributed by atoms with van der Waals surface area (Å²) in [6.45, 7) is 4.64. The van der Waals surface area contributed by atoms with E-state index in [1.807, 2.05) is 6.92 Å². The van der Waals surface area contributed by atoms with Gasteiger partial charge in [-0.2, -0.15) is 0 Å². The molecule has 29 heavy (non-hydrogen) atoms. The average molecular weight is 483 g/mol. The third-order valence-electron chi connectivity index (χ3n) is 4.45. The lowest BCUT2D eigenvalue weighted by Crippen LogP contribution is -2.27. The van der Waals surface area contributed by atoms with E-state index in [1.165, 1.54) is 6.07 Å². The van der Waals surface area contributed by atoms with Gasteiger partial charge in [0.05, 0.1) is 21.7 Å². The SMILES string of the molecule is CCOc1ccc(NS(=O)(=O)c2cc(NC(=O)[C@@H]3CCCO3)ccc2C)cc1Br. The predicted octanol–water partition coefficient (Wildman–Crippen LogP) is 4.07. The number of hydrogen-bond donors (Lipinski definition) is 2. The quantitative estimate of drug-likeness (QED) is 0.619. The van der Waals surface area contributed by atoms with E-state index in [4.69, 9.17) is 9.47 Å². The van der Waals surface area contributed by atoms with E-state index in [9.17, 15) is 13.2 Å². The third-order valence-corrected chi connectivity index (χ3v) is 6.59. The van der Waals surface area contributed by atoms with Gasteiger partial charge in [-0.05, 0) is 78.5 Å². The second kappa shape index (κ2) is 9.15. The van der Waals surface area contributed by atoms with Crippen LogP contribution in [-0.4, -0.2) is 33.6 Å². The van der Waals surface area contributed by atoms with Crippen LogP contribution >= 0.6 is 15.9 Å². The number of halogens is 1. The highest BCUT2D eigenvalue weighted by Crippen LogP contribution is 2.30. The number of amides is 1. The van der Waals surface area contributed by atoms with E-state index in [1.54, 1.807) is 37.3 Å². The molecule has 0 saturated carbocycles. The summed E-state index contributed by atoms with van der Waals surface area (Å²) in [5, 5.41) is 2.74. The zero-order valence-corrected chi connectivity index (χ0v) is 18.6. The second-order valence-electron chi connectivity index (χ2n) is 6.65. The van der Waals surface area contributed by atoms with Gasteiger partial charge < -0.3 is 14.8 Å². The summed E-state index contributed by atoms with van der Waals surface area (Å²) in [5.41, 5.74) is 1.37. The molecule has 0 unspecified atom stereocenters. The van der Waals surface area contributed by atoms with Crippen molar-refractivity contribution >= 4 is 43.2 Å². The van der Waals surface area contributed by atoms with Gasteiger partial charge in [0.2, 0.25) is 0 Å². The van der Waals surface area contributed by atoms with E-state index >= 15 is 0 Å². The van der Waals surface area contributed by atoms with Crippen LogP contribution in [0.5, 0.6) is 5.75 Å². The first-order valence-corrected chi connectivity index (χ1v) is 11.6. The first-order chi connectivity index (χ1) is 13.8. The first-order valence-electron chi connectivity index (χ1n) is 9.28. The minimum absolute atomic E-state index is 0.0904. The molecular formula is C20H23BrN2O5S. The Morgan fingerprint density at radius 3 is 2.66 bits per heavy atom. The van der Waals surface area contributed by atoms with Crippen molar-refractivity contribution in [1.29, 1.82) is 0 Å². The Balaban J connectivity index is 1.80. The first kappa shape index (κ1) is 21.6. The van der Waals surface area contributed by atoms with Gasteiger partial charge in [-0.3, -0.25) is 9.52 Å². The fourth-order valence-corrected chi connectivity index (χ4v) is 4.84. The van der Waals surface area contributed by atoms with Crippen molar-refractivity contribution in [3.05, 3.63) is 46.4 Å². The van der Waals surface area contributed by atoms with Crippen LogP contribution < -0.4 is 14.8 Å². The Kier molecular flexibility index (Phi) is 6.81. The van der Waals surface area contributed by atoms with E-state index in [0.29, 0.717) is 46.8 Å². The summed E-state index contributed by atoms with van der Waals surface area (Å²) in [5.74, 6) is 0.364. The Bertz CT molecular complexity index is 1000. The van der Waals surface area contributed by atoms with Gasteiger partial charge >= 0.3 is 0 Å². The molecule has 1 aliphatic heterocycles. The van der Waals surface area contributed by atoms with Gasteiger partial charge in [-0.1, -0.05) is 6.07 Å². The number of carbonyl (C=O) groups is 1. The monoisotopic (exact) mass is 482 g/mol. The van der Waals surface area contributed by atoms with Gasteiger partial charge in [0.15, 0.2) is 0 Å². The van der Waals surface area contributed by atoms with Crippen molar-refractivity contribution in [2.24, 2.45) is 0 Å². The molecule has 0 bridgehead atoms. The van der Waals surface area contributed by atoms with Gasteiger partial charge in [-0.15, -0.1) is 0 Å². The summed E-state index contributed by atoms with van der Waals surface area (Å²) in [7, 11) is -3.86. The number of sulfonamides is 1. The number of rotatable bonds is 7. The number of ether oxygens (including phenoxy) is 2. The maximum atomic E-state index is 12.9. The zero-order valence-electron chi connectivity index (χ0n) is 16.2. The topological polar surface area (TPSA) is 93.7 Å². The summed E-state index contributed by atoms with van der Waals surface area (Å²) >= 11 is 3.38. The van der Waals surface area contributed by atoms with E-state index in [2.05, 4.69) is 26.0 Å². The van der Waals surface area contributed by atoms with Gasteiger partial charge in [0.1, 0.15) is 11.9 Å². The van der Waals surface area contributed by atoms with Crippen molar-refractivity contribution in [2.75, 3.05) is 23.3 Å². The second-order valence-corrected chi connectivity index (χ2v) is 9.16. The molecule has 7 nitrogen and oxygen atoms in total. The number of anilines is 2. The van der Waals surface area contributed by atoms with Crippen LogP contribution in [-0.2, 0) is 19.6 Å². The summed E-state index contributed by atoms with van der Waals surface area (Å²) in [6, 6.07) is 9.75. The molecule has 2 N–H and O–H groups in total. The molecule has 0 spiro atoms. The number of aryl methyl sites for hydroxylation is 1. The molecular weight excluding hydrogens is 460 g/mol. The van der Waals surface area contributed by atoms with Crippen LogP contribution in [0.1, 0.15) is 25.3 Å². The Hall–Kier alpha value is -2.10. The van der Waals surface area contributed by atoms with Crippen LogP contribution in [0.15, 0.2) is 45.8 Å². The minimum atomic E-state index is -3.86. The molecule has 1 heterocycles. The lowest BCUT2D eigenvalue weighted by molar-refractivity contribution is -0.124. The Labute approximate surface area is 179 Å². The summed E-state index contributed by atoms with van der Waals surface area (Å²) < 4.78 is 39.9. The molecule has 3 rings (SSSR count). The molecule has 2 aromatic rings. The van der Waals surface area contributed by atoms with Crippen LogP contribution in [0.25, 0.3) is 0 Å². The molecule has 0 radical (unpaired) electrons. The molecule has 1 atom stereocenters. The van der Waals surface area contributed by atoms with E-state index < -0.39 is 16.1 Å². The van der Waals surface area contributed by atoms with Crippen molar-refractivity contribution in [2.45, 2.75) is 37.7 Å². The fraction of sp³-hybridized carbons (Fsp3) is 0.350. The molecule has 1 amide bonds. The minimum Gasteiger partial charge on any atom is -0.493 e. The molecule has 1 aliphatic rings. The highest BCUT2D eigenvalue weighted by Gasteiger charge is 2.24. The molecule has 1 saturated heterocycles. The van der Waals surface area contributed by atoms with Crippen LogP contribution in [0, 0.1) is 6.92 Å². The fourth-order valence-electron chi connectivity index (χ4n) is 3.02. The smallest absolute Gasteiger partial charge is 0.262 e. The number of carbonyl (C=O) groups excluding carboxylic acids is 1. The molecule has 0 aromatic heterocycles. The zero-order chi connectivity index (χ0) is 21.0. The van der Waals surface area contributed by atoms with E-state index in [0.717, 1.165) is 6.42 Å². The molecule has 0 aliphatic carbocycles. The standard InChI is InChI=1S/C20H23BrN2O5S/c1-3-27-17-9-8-15(11-16(17)21)23-29(25,26)19-12-14(7-6-13(19)2)22-20(24)18-5-4-10-28-18/h6-9,11-12,18,23H,3-5,10H2,1-2H3,(H,22,24)/t18-/m0/s1. The Morgan fingerprint density at radius 1 is 1.24 bits per heavy atom. The van der Waals surface area contributed by atoms with Crippen LogP contribution in [0.3, 0.4) is 0 Å². The maximum absolute atomic E-state index is 12.9. The number of nitrogens with one attached hydrogen (secondary N) is 2. The van der Waals surface area contributed by atoms with Gasteiger partial charge in [0, 0.05) is 12.3 Å². The van der Waals surface area contributed by atoms with Crippen LogP contribution in [0.4, 0.5) is 11.4 Å². The lowest BCUT2D eigenvalue weighted by atomic mass is 10.2. The average Bonchev–Trinajstić information content (AvgIpc) is 3.20. The highest BCUT2D eigenvalue weighted by atomic mass is 79.9. The highest BCUT2D eigenvalue weighted by molar-refractivity contribution is 9.10. The van der Waals surface area contributed by atoms with Gasteiger partial charge in [-0.25, -0.2) is 8.42 Å². The normalized spacial score (nSPS) is 16.4. The largest absolute Gasteiger partial charge is 0.493 e. The Morgan fingerprint density at radius 2 is 2.00 bits per heavy atom. The number of hydrogen-bond acceptors (Lipinski definition) is 5. The van der Waals surface area contributed by atoms with E-state index in [-0.39, 0.29) is 10.8 Å². The molecule has 156 valence electrons. The number of benzene rings is 2. The molecule has 2 aromatic carbocycles. The maximum Gasteiger partial charge on any atom is 0.262 e. The summed E-state index contributed by atoms with van der Waals surface area (Å²) in [6.07, 6.45) is 1.01. The van der Waals surface area contributed by atoms with Crippen LogP contribution in [0.2, 0.25) is 0 Å². The van der Waals surface area contributed by atoms with Crippen molar-refractivity contribution in [1.82, 2.24) is 0 Å². The predicted molar refractivity (Wildman–Crippen MR) is 115 cm³/mol. The van der Waals surface area contributed by atoms with Crippen molar-refractivity contribution in [3.8, 4) is 5.75 Å². The third kappa shape index (κ3) is 5.29. The molecule has 9 heteroatoms.